The van der Waals surface area contributed by atoms with Gasteiger partial charge in [-0.05, 0) is 13.8 Å². The molecule has 0 rings (SSSR count). The van der Waals surface area contributed by atoms with Crippen molar-refractivity contribution in [3.8, 4) is 0 Å². The first kappa shape index (κ1) is 13.9. The lowest BCUT2D eigenvalue weighted by Gasteiger charge is -2.17. The van der Waals surface area contributed by atoms with Gasteiger partial charge in [-0.3, -0.25) is 9.59 Å². The highest BCUT2D eigenvalue weighted by Gasteiger charge is 2.11. The minimum absolute atomic E-state index is 0.0224. The van der Waals surface area contributed by atoms with Crippen LogP contribution in [-0.4, -0.2) is 50.1 Å². The Kier molecular flexibility index (Phi) is 6.70. The molecule has 1 unspecified atom stereocenters. The summed E-state index contributed by atoms with van der Waals surface area (Å²) >= 11 is 0. The maximum absolute atomic E-state index is 11.4. The molecule has 0 saturated carbocycles. The van der Waals surface area contributed by atoms with E-state index in [1.54, 1.807) is 11.9 Å². The third-order valence-electron chi connectivity index (χ3n) is 2.20. The van der Waals surface area contributed by atoms with E-state index in [1.165, 1.54) is 7.11 Å². The molecule has 0 bridgehead atoms. The number of carbonyl (C=O) groups is 2. The Morgan fingerprint density at radius 1 is 1.47 bits per heavy atom. The van der Waals surface area contributed by atoms with E-state index in [2.05, 4.69) is 10.1 Å². The van der Waals surface area contributed by atoms with Crippen LogP contribution in [0.3, 0.4) is 0 Å². The first-order valence-electron chi connectivity index (χ1n) is 5.05. The van der Waals surface area contributed by atoms with Crippen LogP contribution in [0.25, 0.3) is 0 Å². The minimum Gasteiger partial charge on any atom is -0.469 e. The number of carbonyl (C=O) groups excluding carboxylic acids is 2. The molecule has 15 heavy (non-hydrogen) atoms. The molecule has 0 radical (unpaired) electrons. The van der Waals surface area contributed by atoms with Crippen LogP contribution in [0.2, 0.25) is 0 Å². The summed E-state index contributed by atoms with van der Waals surface area (Å²) in [5.41, 5.74) is 0. The average molecular weight is 216 g/mol. The summed E-state index contributed by atoms with van der Waals surface area (Å²) in [6.45, 7) is 4.69. The summed E-state index contributed by atoms with van der Waals surface area (Å²) < 4.78 is 4.52. The van der Waals surface area contributed by atoms with E-state index in [4.69, 9.17) is 0 Å². The predicted molar refractivity (Wildman–Crippen MR) is 57.4 cm³/mol. The minimum atomic E-state index is -0.272. The normalized spacial score (nSPS) is 12.0. The summed E-state index contributed by atoms with van der Waals surface area (Å²) in [7, 11) is 3.10. The molecule has 0 fully saturated rings. The van der Waals surface area contributed by atoms with Crippen molar-refractivity contribution < 1.29 is 14.3 Å². The molecule has 0 aromatic rings. The van der Waals surface area contributed by atoms with Crippen molar-refractivity contribution in [3.05, 3.63) is 0 Å². The van der Waals surface area contributed by atoms with E-state index >= 15 is 0 Å². The van der Waals surface area contributed by atoms with Crippen molar-refractivity contribution in [2.45, 2.75) is 26.3 Å². The van der Waals surface area contributed by atoms with Crippen LogP contribution in [0.15, 0.2) is 0 Å². The molecule has 0 heterocycles. The van der Waals surface area contributed by atoms with Gasteiger partial charge in [-0.1, -0.05) is 0 Å². The lowest BCUT2D eigenvalue weighted by atomic mass is 10.2. The first-order valence-corrected chi connectivity index (χ1v) is 5.05. The molecule has 0 aliphatic carbocycles. The SMILES string of the molecule is CCN(C)C(=O)CNC(C)CC(=O)OC. The highest BCUT2D eigenvalue weighted by atomic mass is 16.5. The van der Waals surface area contributed by atoms with Crippen molar-refractivity contribution in [1.29, 1.82) is 0 Å². The number of rotatable bonds is 6. The van der Waals surface area contributed by atoms with E-state index < -0.39 is 0 Å². The molecule has 1 amide bonds. The quantitative estimate of drug-likeness (QED) is 0.635. The fourth-order valence-electron chi connectivity index (χ4n) is 0.978. The molecule has 0 saturated heterocycles. The van der Waals surface area contributed by atoms with Gasteiger partial charge in [-0.15, -0.1) is 0 Å². The van der Waals surface area contributed by atoms with Crippen molar-refractivity contribution >= 4 is 11.9 Å². The zero-order chi connectivity index (χ0) is 11.8. The molecular formula is C10H20N2O3. The van der Waals surface area contributed by atoms with Gasteiger partial charge >= 0.3 is 5.97 Å². The van der Waals surface area contributed by atoms with Gasteiger partial charge in [0.25, 0.3) is 0 Å². The summed E-state index contributed by atoms with van der Waals surface area (Å²) in [4.78, 5) is 23.9. The highest BCUT2D eigenvalue weighted by molar-refractivity contribution is 5.78. The molecule has 0 aromatic carbocycles. The summed E-state index contributed by atoms with van der Waals surface area (Å²) in [6.07, 6.45) is 0.277. The zero-order valence-electron chi connectivity index (χ0n) is 9.87. The maximum Gasteiger partial charge on any atom is 0.307 e. The first-order chi connectivity index (χ1) is 7.01. The maximum atomic E-state index is 11.4. The van der Waals surface area contributed by atoms with Crippen LogP contribution < -0.4 is 5.32 Å². The second-order valence-electron chi connectivity index (χ2n) is 3.47. The van der Waals surface area contributed by atoms with E-state index in [0.29, 0.717) is 6.54 Å². The second kappa shape index (κ2) is 7.23. The van der Waals surface area contributed by atoms with Crippen LogP contribution in [0.1, 0.15) is 20.3 Å². The fourth-order valence-corrected chi connectivity index (χ4v) is 0.978. The number of amides is 1. The Labute approximate surface area is 90.8 Å². The van der Waals surface area contributed by atoms with Crippen LogP contribution in [0, 0.1) is 0 Å². The van der Waals surface area contributed by atoms with Gasteiger partial charge in [0.1, 0.15) is 0 Å². The predicted octanol–water partition coefficient (Wildman–Crippen LogP) is 0.00590. The van der Waals surface area contributed by atoms with Gasteiger partial charge in [0.05, 0.1) is 20.1 Å². The van der Waals surface area contributed by atoms with Gasteiger partial charge in [-0.2, -0.15) is 0 Å². The van der Waals surface area contributed by atoms with Crippen molar-refractivity contribution in [3.63, 3.8) is 0 Å². The smallest absolute Gasteiger partial charge is 0.307 e. The average Bonchev–Trinajstić information content (AvgIpc) is 2.24. The Bertz CT molecular complexity index is 219. The van der Waals surface area contributed by atoms with Gasteiger partial charge in [-0.25, -0.2) is 0 Å². The van der Waals surface area contributed by atoms with E-state index in [9.17, 15) is 9.59 Å². The van der Waals surface area contributed by atoms with Gasteiger partial charge in [0.15, 0.2) is 0 Å². The van der Waals surface area contributed by atoms with Crippen LogP contribution in [0.4, 0.5) is 0 Å². The van der Waals surface area contributed by atoms with Gasteiger partial charge < -0.3 is 15.0 Å². The number of methoxy groups -OCH3 is 1. The largest absolute Gasteiger partial charge is 0.469 e. The van der Waals surface area contributed by atoms with Crippen molar-refractivity contribution in [1.82, 2.24) is 10.2 Å². The molecule has 88 valence electrons. The summed E-state index contributed by atoms with van der Waals surface area (Å²) in [5, 5.41) is 2.97. The Morgan fingerprint density at radius 2 is 2.07 bits per heavy atom. The summed E-state index contributed by atoms with van der Waals surface area (Å²) in [5.74, 6) is -0.250. The number of likely N-dealkylation sites (N-methyl/N-ethyl adjacent to an activating group) is 1. The Balaban J connectivity index is 3.75. The van der Waals surface area contributed by atoms with E-state index in [1.807, 2.05) is 13.8 Å². The van der Waals surface area contributed by atoms with Crippen LogP contribution in [-0.2, 0) is 14.3 Å². The lowest BCUT2D eigenvalue weighted by molar-refractivity contribution is -0.141. The summed E-state index contributed by atoms with van der Waals surface area (Å²) in [6, 6.07) is -0.0494. The monoisotopic (exact) mass is 216 g/mol. The Hall–Kier alpha value is -1.10. The topological polar surface area (TPSA) is 58.6 Å². The molecule has 1 atom stereocenters. The number of hydrogen-bond donors (Lipinski definition) is 1. The molecule has 5 nitrogen and oxygen atoms in total. The number of nitrogens with zero attached hydrogens (tertiary/aromatic N) is 1. The van der Waals surface area contributed by atoms with Crippen molar-refractivity contribution in [2.75, 3.05) is 27.2 Å². The molecular weight excluding hydrogens is 196 g/mol. The molecule has 1 N–H and O–H groups in total. The lowest BCUT2D eigenvalue weighted by Crippen LogP contribution is -2.39. The van der Waals surface area contributed by atoms with Crippen LogP contribution >= 0.6 is 0 Å². The zero-order valence-corrected chi connectivity index (χ0v) is 9.87. The third-order valence-corrected chi connectivity index (χ3v) is 2.20. The molecule has 5 heteroatoms. The molecule has 0 aliphatic rings. The molecule has 0 aromatic heterocycles. The van der Waals surface area contributed by atoms with Crippen LogP contribution in [0.5, 0.6) is 0 Å². The second-order valence-corrected chi connectivity index (χ2v) is 3.47. The van der Waals surface area contributed by atoms with Gasteiger partial charge in [0, 0.05) is 19.6 Å². The molecule has 0 aliphatic heterocycles. The standard InChI is InChI=1S/C10H20N2O3/c1-5-12(3)9(13)7-11-8(2)6-10(14)15-4/h8,11H,5-7H2,1-4H3. The number of ether oxygens (including phenoxy) is 1. The fraction of sp³-hybridized carbons (Fsp3) is 0.800. The van der Waals surface area contributed by atoms with Crippen molar-refractivity contribution in [2.24, 2.45) is 0 Å². The third kappa shape index (κ3) is 6.06. The highest BCUT2D eigenvalue weighted by Crippen LogP contribution is 1.93. The number of nitrogens with one attached hydrogen (secondary N) is 1. The van der Waals surface area contributed by atoms with E-state index in [-0.39, 0.29) is 30.9 Å². The molecule has 0 spiro atoms. The Morgan fingerprint density at radius 3 is 2.53 bits per heavy atom. The van der Waals surface area contributed by atoms with E-state index in [0.717, 1.165) is 0 Å². The number of hydrogen-bond acceptors (Lipinski definition) is 4. The van der Waals surface area contributed by atoms with Gasteiger partial charge in [0.2, 0.25) is 5.91 Å². The number of esters is 1.